The fraction of sp³-hybridized carbons (Fsp3) is 0.0294. The van der Waals surface area contributed by atoms with Crippen molar-refractivity contribution in [1.82, 2.24) is 14.2 Å². The van der Waals surface area contributed by atoms with Gasteiger partial charge in [-0.25, -0.2) is 4.39 Å². The fourth-order valence-corrected chi connectivity index (χ4v) is 7.12. The summed E-state index contributed by atoms with van der Waals surface area (Å²) in [4.78, 5) is 24.2. The molecule has 1 amide bonds. The quantitative estimate of drug-likeness (QED) is 0.188. The summed E-state index contributed by atoms with van der Waals surface area (Å²) in [5.74, 6) is -1.29. The maximum absolute atomic E-state index is 14.8. The normalized spacial score (nSPS) is 11.2. The minimum absolute atomic E-state index is 0.0196. The summed E-state index contributed by atoms with van der Waals surface area (Å²) in [7, 11) is 0. The molecule has 3 aromatic heterocycles. The van der Waals surface area contributed by atoms with E-state index in [1.165, 1.54) is 35.4 Å². The summed E-state index contributed by atoms with van der Waals surface area (Å²) in [5, 5.41) is 22.4. The largest absolute Gasteiger partial charge is 0.337 e. The summed E-state index contributed by atoms with van der Waals surface area (Å²) in [6, 6.07) is 30.7. The van der Waals surface area contributed by atoms with Gasteiger partial charge in [0, 0.05) is 37.5 Å². The minimum atomic E-state index is -0.931. The van der Waals surface area contributed by atoms with Crippen molar-refractivity contribution in [3.8, 4) is 39.6 Å². The number of thiophene rings is 1. The lowest BCUT2D eigenvalue weighted by Crippen LogP contribution is -1.94. The average molecular weight is 614 g/mol. The van der Waals surface area contributed by atoms with Crippen LogP contribution in [0.15, 0.2) is 106 Å². The molecule has 0 unspecified atom stereocenters. The van der Waals surface area contributed by atoms with Crippen LogP contribution in [0.2, 0.25) is 0 Å². The number of rotatable bonds is 6. The second kappa shape index (κ2) is 11.0. The Kier molecular flexibility index (Phi) is 6.89. The molecule has 0 atom stereocenters. The molecular weight excluding hydrogens is 594 g/mol. The summed E-state index contributed by atoms with van der Waals surface area (Å²) < 4.78 is 16.9. The molecule has 3 heterocycles. The number of halogens is 1. The maximum Gasteiger partial charge on any atom is 0.337 e. The lowest BCUT2D eigenvalue weighted by atomic mass is 9.96. The standard InChI is InChI=1S/C34H20FN5O2S2/c1-19-5-9-24(10-6-19)44-40-29-12-8-23(35)17-27(29)31(26-13-14-43-30(26)18-36)33(40)22-4-2-3-20(15-22)21-7-11-25-28(16-21)37-38-32(25)34(41)39-42/h2-17H,1H3,(H,37,38). The molecule has 0 aliphatic rings. The van der Waals surface area contributed by atoms with Crippen molar-refractivity contribution < 1.29 is 9.18 Å². The number of aryl methyl sites for hydroxylation is 1. The molecule has 7 rings (SSSR count). The molecule has 0 spiro atoms. The number of nitroso groups, excluding NO2 is 1. The molecule has 0 aliphatic heterocycles. The van der Waals surface area contributed by atoms with E-state index in [-0.39, 0.29) is 11.5 Å². The Bertz CT molecular complexity index is 2290. The molecule has 212 valence electrons. The van der Waals surface area contributed by atoms with E-state index in [9.17, 15) is 19.4 Å². The first-order valence-electron chi connectivity index (χ1n) is 13.5. The van der Waals surface area contributed by atoms with Crippen LogP contribution >= 0.6 is 23.3 Å². The number of nitriles is 1. The van der Waals surface area contributed by atoms with Gasteiger partial charge in [0.25, 0.3) is 0 Å². The smallest absolute Gasteiger partial charge is 0.279 e. The number of carbonyl (C=O) groups excluding carboxylic acids is 1. The van der Waals surface area contributed by atoms with Crippen molar-refractivity contribution in [2.45, 2.75) is 11.8 Å². The van der Waals surface area contributed by atoms with Crippen LogP contribution in [0.25, 0.3) is 55.3 Å². The zero-order chi connectivity index (χ0) is 30.4. The van der Waals surface area contributed by atoms with E-state index in [4.69, 9.17) is 0 Å². The summed E-state index contributed by atoms with van der Waals surface area (Å²) in [5.41, 5.74) is 7.52. The van der Waals surface area contributed by atoms with Crippen LogP contribution in [-0.4, -0.2) is 20.1 Å². The highest BCUT2D eigenvalue weighted by Gasteiger charge is 2.24. The van der Waals surface area contributed by atoms with Gasteiger partial charge in [-0.1, -0.05) is 42.0 Å². The summed E-state index contributed by atoms with van der Waals surface area (Å²) in [6.07, 6.45) is 0. The van der Waals surface area contributed by atoms with Crippen molar-refractivity contribution in [2.24, 2.45) is 5.18 Å². The third-order valence-electron chi connectivity index (χ3n) is 7.46. The van der Waals surface area contributed by atoms with Crippen molar-refractivity contribution in [3.05, 3.63) is 123 Å². The molecule has 4 aromatic carbocycles. The van der Waals surface area contributed by atoms with Gasteiger partial charge in [0.05, 0.1) is 16.7 Å². The Labute approximate surface area is 258 Å². The molecule has 0 aliphatic carbocycles. The first-order chi connectivity index (χ1) is 21.4. The number of carbonyl (C=O) groups is 1. The zero-order valence-electron chi connectivity index (χ0n) is 23.0. The van der Waals surface area contributed by atoms with Gasteiger partial charge < -0.3 is 0 Å². The Morgan fingerprint density at radius 3 is 2.57 bits per heavy atom. The monoisotopic (exact) mass is 613 g/mol. The van der Waals surface area contributed by atoms with Gasteiger partial charge in [-0.2, -0.15) is 10.4 Å². The second-order valence-corrected chi connectivity index (χ2v) is 12.1. The molecule has 7 aromatic rings. The summed E-state index contributed by atoms with van der Waals surface area (Å²) >= 11 is 2.88. The number of nitrogens with zero attached hydrogens (tertiary/aromatic N) is 4. The maximum atomic E-state index is 14.8. The van der Waals surface area contributed by atoms with E-state index in [0.717, 1.165) is 49.5 Å². The Balaban J connectivity index is 1.46. The van der Waals surface area contributed by atoms with Crippen LogP contribution in [-0.2, 0) is 0 Å². The molecule has 44 heavy (non-hydrogen) atoms. The number of benzene rings is 4. The van der Waals surface area contributed by atoms with E-state index in [1.807, 2.05) is 48.7 Å². The third kappa shape index (κ3) is 4.68. The van der Waals surface area contributed by atoms with Gasteiger partial charge >= 0.3 is 5.91 Å². The topological polar surface area (TPSA) is 104 Å². The number of aromatic amines is 1. The number of hydrogen-bond acceptors (Lipinski definition) is 6. The Morgan fingerprint density at radius 1 is 0.977 bits per heavy atom. The van der Waals surface area contributed by atoms with Gasteiger partial charge in [0.1, 0.15) is 16.8 Å². The van der Waals surface area contributed by atoms with Crippen LogP contribution in [0.3, 0.4) is 0 Å². The lowest BCUT2D eigenvalue weighted by Gasteiger charge is -2.14. The molecule has 0 bridgehead atoms. The molecule has 0 saturated carbocycles. The van der Waals surface area contributed by atoms with Gasteiger partial charge in [-0.05, 0) is 90.0 Å². The molecule has 0 fully saturated rings. The highest BCUT2D eigenvalue weighted by molar-refractivity contribution is 7.98. The van der Waals surface area contributed by atoms with Crippen LogP contribution < -0.4 is 0 Å². The molecule has 0 saturated heterocycles. The molecule has 7 nitrogen and oxygen atoms in total. The SMILES string of the molecule is Cc1ccc(Sn2c(-c3cccc(-c4ccc5c(C(=O)N=O)n[nH]c5c4)c3)c(-c3ccsc3C#N)c3cc(F)ccc32)cc1. The molecule has 10 heteroatoms. The van der Waals surface area contributed by atoms with E-state index < -0.39 is 5.91 Å². The van der Waals surface area contributed by atoms with E-state index in [1.54, 1.807) is 12.1 Å². The highest BCUT2D eigenvalue weighted by Crippen LogP contribution is 2.47. The van der Waals surface area contributed by atoms with E-state index in [2.05, 4.69) is 55.7 Å². The number of H-pyrrole nitrogens is 1. The summed E-state index contributed by atoms with van der Waals surface area (Å²) in [6.45, 7) is 2.04. The van der Waals surface area contributed by atoms with Gasteiger partial charge in [-0.3, -0.25) is 13.9 Å². The minimum Gasteiger partial charge on any atom is -0.279 e. The van der Waals surface area contributed by atoms with Gasteiger partial charge in [0.2, 0.25) is 0 Å². The zero-order valence-corrected chi connectivity index (χ0v) is 24.7. The number of amides is 1. The Hall–Kier alpha value is -5.37. The Morgan fingerprint density at radius 2 is 1.77 bits per heavy atom. The van der Waals surface area contributed by atoms with Crippen molar-refractivity contribution in [2.75, 3.05) is 0 Å². The van der Waals surface area contributed by atoms with Crippen molar-refractivity contribution >= 4 is 51.0 Å². The van der Waals surface area contributed by atoms with E-state index in [0.29, 0.717) is 21.2 Å². The first kappa shape index (κ1) is 27.5. The lowest BCUT2D eigenvalue weighted by molar-refractivity contribution is 0.0997. The first-order valence-corrected chi connectivity index (χ1v) is 15.1. The number of nitrogens with one attached hydrogen (secondary N) is 1. The molecular formula is C34H20FN5O2S2. The number of fused-ring (bicyclic) bond motifs is 2. The third-order valence-corrected chi connectivity index (χ3v) is 9.32. The van der Waals surface area contributed by atoms with Crippen molar-refractivity contribution in [1.29, 1.82) is 5.26 Å². The fourth-order valence-electron chi connectivity index (χ4n) is 5.41. The predicted molar refractivity (Wildman–Crippen MR) is 173 cm³/mol. The molecule has 1 N–H and O–H groups in total. The predicted octanol–water partition coefficient (Wildman–Crippen LogP) is 9.36. The van der Waals surface area contributed by atoms with Gasteiger partial charge in [-0.15, -0.1) is 16.2 Å². The number of hydrogen-bond donors (Lipinski definition) is 1. The molecule has 0 radical (unpaired) electrons. The van der Waals surface area contributed by atoms with Gasteiger partial charge in [0.15, 0.2) is 5.69 Å². The van der Waals surface area contributed by atoms with Crippen LogP contribution in [0.5, 0.6) is 0 Å². The van der Waals surface area contributed by atoms with Crippen LogP contribution in [0.4, 0.5) is 4.39 Å². The van der Waals surface area contributed by atoms with Crippen LogP contribution in [0.1, 0.15) is 20.9 Å². The van der Waals surface area contributed by atoms with E-state index >= 15 is 0 Å². The van der Waals surface area contributed by atoms with Crippen molar-refractivity contribution in [3.63, 3.8) is 0 Å². The highest BCUT2D eigenvalue weighted by atomic mass is 32.2. The second-order valence-electron chi connectivity index (χ2n) is 10.2. The van der Waals surface area contributed by atoms with Crippen LogP contribution in [0, 0.1) is 29.0 Å². The number of aromatic nitrogens is 3. The average Bonchev–Trinajstić information content (AvgIpc) is 3.77.